The first-order valence-electron chi connectivity index (χ1n) is 6.03. The Morgan fingerprint density at radius 3 is 2.89 bits per heavy atom. The Kier molecular flexibility index (Phi) is 4.49. The number of morpholine rings is 1. The summed E-state index contributed by atoms with van der Waals surface area (Å²) in [7, 11) is 1.32. The van der Waals surface area contributed by atoms with Gasteiger partial charge in [0.15, 0.2) is 11.6 Å². The van der Waals surface area contributed by atoms with Crippen molar-refractivity contribution in [2.75, 3.05) is 26.9 Å². The minimum Gasteiger partial charge on any atom is -0.494 e. The SMILES string of the molecule is COc1cc(F)c(CCC2COCCN2)cc1F. The zero-order chi connectivity index (χ0) is 13.0. The van der Waals surface area contributed by atoms with Crippen LogP contribution in [0.4, 0.5) is 8.78 Å². The Balaban J connectivity index is 1.98. The third-order valence-electron chi connectivity index (χ3n) is 3.08. The molecule has 2 rings (SSSR count). The van der Waals surface area contributed by atoms with Gasteiger partial charge in [-0.2, -0.15) is 0 Å². The molecule has 3 nitrogen and oxygen atoms in total. The number of hydrogen-bond acceptors (Lipinski definition) is 3. The highest BCUT2D eigenvalue weighted by Crippen LogP contribution is 2.22. The van der Waals surface area contributed by atoms with Gasteiger partial charge in [0.05, 0.1) is 20.3 Å². The van der Waals surface area contributed by atoms with Gasteiger partial charge in [0.25, 0.3) is 0 Å². The molecule has 0 aromatic heterocycles. The zero-order valence-corrected chi connectivity index (χ0v) is 10.3. The number of methoxy groups -OCH3 is 1. The van der Waals surface area contributed by atoms with Crippen molar-refractivity contribution in [3.8, 4) is 5.75 Å². The minimum absolute atomic E-state index is 0.0598. The summed E-state index contributed by atoms with van der Waals surface area (Å²) < 4.78 is 37.2. The van der Waals surface area contributed by atoms with Gasteiger partial charge in [0.1, 0.15) is 5.82 Å². The summed E-state index contributed by atoms with van der Waals surface area (Å²) in [6.07, 6.45) is 1.20. The molecule has 18 heavy (non-hydrogen) atoms. The molecule has 1 unspecified atom stereocenters. The van der Waals surface area contributed by atoms with E-state index in [-0.39, 0.29) is 11.8 Å². The standard InChI is InChI=1S/C13H17F2NO2/c1-17-13-7-11(14)9(6-12(13)15)2-3-10-8-18-5-4-16-10/h6-7,10,16H,2-5,8H2,1H3. The molecule has 1 aromatic rings. The normalized spacial score (nSPS) is 19.8. The van der Waals surface area contributed by atoms with E-state index in [9.17, 15) is 8.78 Å². The summed E-state index contributed by atoms with van der Waals surface area (Å²) in [4.78, 5) is 0. The monoisotopic (exact) mass is 257 g/mol. The Hall–Kier alpha value is -1.20. The van der Waals surface area contributed by atoms with Gasteiger partial charge in [-0.1, -0.05) is 0 Å². The van der Waals surface area contributed by atoms with Crippen molar-refractivity contribution in [2.45, 2.75) is 18.9 Å². The molecule has 0 aliphatic carbocycles. The van der Waals surface area contributed by atoms with Crippen LogP contribution < -0.4 is 10.1 Å². The summed E-state index contributed by atoms with van der Waals surface area (Å²) in [6.45, 7) is 2.15. The van der Waals surface area contributed by atoms with Crippen LogP contribution in [0, 0.1) is 11.6 Å². The first-order valence-corrected chi connectivity index (χ1v) is 6.03. The van der Waals surface area contributed by atoms with E-state index in [2.05, 4.69) is 5.32 Å². The van der Waals surface area contributed by atoms with E-state index in [0.717, 1.165) is 19.0 Å². The van der Waals surface area contributed by atoms with Crippen LogP contribution in [0.1, 0.15) is 12.0 Å². The molecule has 1 aliphatic rings. The molecule has 5 heteroatoms. The third-order valence-corrected chi connectivity index (χ3v) is 3.08. The van der Waals surface area contributed by atoms with E-state index in [1.165, 1.54) is 13.2 Å². The second-order valence-electron chi connectivity index (χ2n) is 4.34. The molecule has 1 N–H and O–H groups in total. The summed E-state index contributed by atoms with van der Waals surface area (Å²) in [5, 5.41) is 3.28. The number of aryl methyl sites for hydroxylation is 1. The summed E-state index contributed by atoms with van der Waals surface area (Å²) in [6, 6.07) is 2.51. The Morgan fingerprint density at radius 2 is 2.22 bits per heavy atom. The molecule has 1 aromatic carbocycles. The number of hydrogen-bond donors (Lipinski definition) is 1. The van der Waals surface area contributed by atoms with Crippen molar-refractivity contribution in [1.29, 1.82) is 0 Å². The van der Waals surface area contributed by atoms with Crippen LogP contribution in [0.5, 0.6) is 5.75 Å². The third kappa shape index (κ3) is 3.17. The van der Waals surface area contributed by atoms with E-state index in [0.29, 0.717) is 25.2 Å². The van der Waals surface area contributed by atoms with Crippen LogP contribution in [-0.4, -0.2) is 32.9 Å². The predicted octanol–water partition coefficient (Wildman–Crippen LogP) is 1.89. The second-order valence-corrected chi connectivity index (χ2v) is 4.34. The molecule has 1 saturated heterocycles. The fraction of sp³-hybridized carbons (Fsp3) is 0.538. The zero-order valence-electron chi connectivity index (χ0n) is 10.3. The quantitative estimate of drug-likeness (QED) is 0.893. The van der Waals surface area contributed by atoms with Gasteiger partial charge >= 0.3 is 0 Å². The van der Waals surface area contributed by atoms with Crippen LogP contribution in [0.3, 0.4) is 0 Å². The van der Waals surface area contributed by atoms with Crippen molar-refractivity contribution in [1.82, 2.24) is 5.32 Å². The van der Waals surface area contributed by atoms with Gasteiger partial charge in [-0.05, 0) is 24.5 Å². The van der Waals surface area contributed by atoms with Crippen molar-refractivity contribution < 1.29 is 18.3 Å². The Labute approximate surface area is 105 Å². The van der Waals surface area contributed by atoms with Gasteiger partial charge in [0, 0.05) is 18.7 Å². The van der Waals surface area contributed by atoms with Crippen LogP contribution in [0.2, 0.25) is 0 Å². The summed E-state index contributed by atoms with van der Waals surface area (Å²) in [5.74, 6) is -1.01. The van der Waals surface area contributed by atoms with E-state index in [1.54, 1.807) is 0 Å². The van der Waals surface area contributed by atoms with E-state index >= 15 is 0 Å². The molecule has 0 spiro atoms. The molecule has 0 radical (unpaired) electrons. The minimum atomic E-state index is -0.526. The number of rotatable bonds is 4. The number of halogens is 2. The molecule has 1 heterocycles. The van der Waals surface area contributed by atoms with Gasteiger partial charge in [-0.3, -0.25) is 0 Å². The maximum atomic E-state index is 13.7. The molecular formula is C13H17F2NO2. The first kappa shape index (κ1) is 13.2. The highest BCUT2D eigenvalue weighted by atomic mass is 19.1. The van der Waals surface area contributed by atoms with Gasteiger partial charge in [-0.15, -0.1) is 0 Å². The molecule has 1 atom stereocenters. The highest BCUT2D eigenvalue weighted by molar-refractivity contribution is 5.31. The lowest BCUT2D eigenvalue weighted by molar-refractivity contribution is 0.0743. The molecule has 0 bridgehead atoms. The largest absolute Gasteiger partial charge is 0.494 e. The summed E-state index contributed by atoms with van der Waals surface area (Å²) >= 11 is 0. The fourth-order valence-electron chi connectivity index (χ4n) is 2.05. The average Bonchev–Trinajstić information content (AvgIpc) is 2.40. The van der Waals surface area contributed by atoms with Crippen molar-refractivity contribution in [3.05, 3.63) is 29.3 Å². The number of benzene rings is 1. The Bertz CT molecular complexity index is 406. The molecular weight excluding hydrogens is 240 g/mol. The van der Waals surface area contributed by atoms with Gasteiger partial charge < -0.3 is 14.8 Å². The van der Waals surface area contributed by atoms with Gasteiger partial charge in [-0.25, -0.2) is 8.78 Å². The lowest BCUT2D eigenvalue weighted by atomic mass is 10.0. The lowest BCUT2D eigenvalue weighted by Crippen LogP contribution is -2.41. The maximum Gasteiger partial charge on any atom is 0.165 e. The van der Waals surface area contributed by atoms with Gasteiger partial charge in [0.2, 0.25) is 0 Å². The summed E-state index contributed by atoms with van der Waals surface area (Å²) in [5.41, 5.74) is 0.376. The van der Waals surface area contributed by atoms with Crippen LogP contribution in [-0.2, 0) is 11.2 Å². The van der Waals surface area contributed by atoms with Crippen molar-refractivity contribution in [2.24, 2.45) is 0 Å². The molecule has 0 amide bonds. The Morgan fingerprint density at radius 1 is 1.39 bits per heavy atom. The smallest absolute Gasteiger partial charge is 0.165 e. The van der Waals surface area contributed by atoms with Crippen LogP contribution >= 0.6 is 0 Å². The second kappa shape index (κ2) is 6.11. The predicted molar refractivity (Wildman–Crippen MR) is 63.8 cm³/mol. The van der Waals surface area contributed by atoms with E-state index in [1.807, 2.05) is 0 Å². The lowest BCUT2D eigenvalue weighted by Gasteiger charge is -2.23. The first-order chi connectivity index (χ1) is 8.70. The molecule has 1 aliphatic heterocycles. The number of ether oxygens (including phenoxy) is 2. The molecule has 1 fully saturated rings. The topological polar surface area (TPSA) is 30.5 Å². The van der Waals surface area contributed by atoms with Crippen LogP contribution in [0.25, 0.3) is 0 Å². The highest BCUT2D eigenvalue weighted by Gasteiger charge is 2.15. The van der Waals surface area contributed by atoms with E-state index in [4.69, 9.17) is 9.47 Å². The molecule has 100 valence electrons. The van der Waals surface area contributed by atoms with E-state index < -0.39 is 11.6 Å². The number of nitrogens with one attached hydrogen (secondary N) is 1. The maximum absolute atomic E-state index is 13.7. The fourth-order valence-corrected chi connectivity index (χ4v) is 2.05. The average molecular weight is 257 g/mol. The van der Waals surface area contributed by atoms with Crippen molar-refractivity contribution in [3.63, 3.8) is 0 Å². The molecule has 0 saturated carbocycles. The van der Waals surface area contributed by atoms with Crippen molar-refractivity contribution >= 4 is 0 Å². The van der Waals surface area contributed by atoms with Crippen LogP contribution in [0.15, 0.2) is 12.1 Å².